The molecule has 1 atom stereocenters. The number of anilines is 1. The van der Waals surface area contributed by atoms with Crippen molar-refractivity contribution in [2.45, 2.75) is 13.0 Å². The van der Waals surface area contributed by atoms with Crippen LogP contribution in [-0.4, -0.2) is 30.7 Å². The summed E-state index contributed by atoms with van der Waals surface area (Å²) < 4.78 is 0. The lowest BCUT2D eigenvalue weighted by Crippen LogP contribution is -2.37. The van der Waals surface area contributed by atoms with Crippen LogP contribution in [0.4, 0.5) is 5.69 Å². The van der Waals surface area contributed by atoms with Gasteiger partial charge in [-0.15, -0.1) is 0 Å². The Morgan fingerprint density at radius 1 is 1.08 bits per heavy atom. The summed E-state index contributed by atoms with van der Waals surface area (Å²) in [6.07, 6.45) is 0. The van der Waals surface area contributed by atoms with Gasteiger partial charge in [-0.1, -0.05) is 47.5 Å². The average Bonchev–Trinajstić information content (AvgIpc) is 2.53. The first-order valence-corrected chi connectivity index (χ1v) is 8.77. The minimum atomic E-state index is 0.110. The quantitative estimate of drug-likeness (QED) is 0.720. The zero-order chi connectivity index (χ0) is 17.7. The van der Waals surface area contributed by atoms with E-state index in [1.165, 1.54) is 0 Å². The second-order valence-electron chi connectivity index (χ2n) is 5.75. The molecule has 2 rings (SSSR count). The molecule has 2 N–H and O–H groups in total. The normalized spacial score (nSPS) is 12.1. The number of benzene rings is 2. The second kappa shape index (κ2) is 8.67. The van der Waals surface area contributed by atoms with E-state index < -0.39 is 0 Å². The van der Waals surface area contributed by atoms with E-state index in [1.807, 2.05) is 63.5 Å². The third kappa shape index (κ3) is 4.84. The smallest absolute Gasteiger partial charge is 0.170 e. The maximum Gasteiger partial charge on any atom is 0.170 e. The van der Waals surface area contributed by atoms with Gasteiger partial charge in [-0.25, -0.2) is 0 Å². The van der Waals surface area contributed by atoms with Gasteiger partial charge in [0.25, 0.3) is 0 Å². The van der Waals surface area contributed by atoms with Crippen molar-refractivity contribution in [3.63, 3.8) is 0 Å². The van der Waals surface area contributed by atoms with Crippen LogP contribution in [0.1, 0.15) is 17.2 Å². The Bertz CT molecular complexity index is 719. The van der Waals surface area contributed by atoms with Gasteiger partial charge in [-0.3, -0.25) is 0 Å². The molecule has 0 aromatic heterocycles. The molecule has 0 saturated carbocycles. The van der Waals surface area contributed by atoms with Crippen molar-refractivity contribution in [3.8, 4) is 0 Å². The Morgan fingerprint density at radius 2 is 1.75 bits per heavy atom. The minimum Gasteiger partial charge on any atom is -0.361 e. The number of rotatable bonds is 5. The molecule has 0 fully saturated rings. The van der Waals surface area contributed by atoms with Crippen LogP contribution in [0.2, 0.25) is 10.0 Å². The van der Waals surface area contributed by atoms with Gasteiger partial charge in [0.05, 0.1) is 6.04 Å². The van der Waals surface area contributed by atoms with Crippen LogP contribution >= 0.6 is 35.4 Å². The molecule has 2 aromatic carbocycles. The first-order chi connectivity index (χ1) is 11.4. The maximum atomic E-state index is 6.33. The van der Waals surface area contributed by atoms with Gasteiger partial charge in [0.1, 0.15) is 0 Å². The van der Waals surface area contributed by atoms with Gasteiger partial charge in [-0.05, 0) is 62.6 Å². The first kappa shape index (κ1) is 19.0. The molecule has 0 saturated heterocycles. The third-order valence-corrected chi connectivity index (χ3v) is 4.86. The Labute approximate surface area is 159 Å². The molecule has 0 unspecified atom stereocenters. The van der Waals surface area contributed by atoms with Gasteiger partial charge in [0.2, 0.25) is 0 Å². The predicted molar refractivity (Wildman–Crippen MR) is 108 cm³/mol. The van der Waals surface area contributed by atoms with Crippen LogP contribution in [0.25, 0.3) is 0 Å². The maximum absolute atomic E-state index is 6.33. The Kier molecular flexibility index (Phi) is 6.87. The number of halogens is 2. The van der Waals surface area contributed by atoms with Crippen LogP contribution in [0, 0.1) is 6.92 Å². The van der Waals surface area contributed by atoms with Gasteiger partial charge >= 0.3 is 0 Å². The highest BCUT2D eigenvalue weighted by Crippen LogP contribution is 2.26. The summed E-state index contributed by atoms with van der Waals surface area (Å²) in [6.45, 7) is 2.60. The summed E-state index contributed by atoms with van der Waals surface area (Å²) in [7, 11) is 4.04. The number of nitrogens with zero attached hydrogens (tertiary/aromatic N) is 1. The van der Waals surface area contributed by atoms with Crippen molar-refractivity contribution in [1.29, 1.82) is 0 Å². The topological polar surface area (TPSA) is 27.3 Å². The van der Waals surface area contributed by atoms with Crippen LogP contribution < -0.4 is 10.6 Å². The molecule has 0 spiro atoms. The van der Waals surface area contributed by atoms with Crippen molar-refractivity contribution in [1.82, 2.24) is 10.2 Å². The molecule has 0 heterocycles. The van der Waals surface area contributed by atoms with E-state index in [0.29, 0.717) is 16.7 Å². The molecule has 0 aliphatic heterocycles. The summed E-state index contributed by atoms with van der Waals surface area (Å²) in [4.78, 5) is 2.11. The summed E-state index contributed by atoms with van der Waals surface area (Å²) in [5, 5.41) is 8.48. The highest BCUT2D eigenvalue weighted by molar-refractivity contribution is 7.80. The summed E-state index contributed by atoms with van der Waals surface area (Å²) in [6, 6.07) is 13.7. The fraction of sp³-hybridized carbons (Fsp3) is 0.278. The van der Waals surface area contributed by atoms with E-state index in [2.05, 4.69) is 15.5 Å². The van der Waals surface area contributed by atoms with Gasteiger partial charge in [0, 0.05) is 22.3 Å². The van der Waals surface area contributed by atoms with E-state index >= 15 is 0 Å². The molecular weight excluding hydrogens is 361 g/mol. The van der Waals surface area contributed by atoms with Crippen molar-refractivity contribution in [2.24, 2.45) is 0 Å². The lowest BCUT2D eigenvalue weighted by Gasteiger charge is -2.26. The highest BCUT2D eigenvalue weighted by Gasteiger charge is 2.17. The molecule has 0 radical (unpaired) electrons. The summed E-state index contributed by atoms with van der Waals surface area (Å²) in [5.41, 5.74) is 2.94. The van der Waals surface area contributed by atoms with Crippen molar-refractivity contribution >= 4 is 46.2 Å². The molecular formula is C18H21Cl2N3S. The van der Waals surface area contributed by atoms with Crippen LogP contribution in [0.15, 0.2) is 42.5 Å². The summed E-state index contributed by atoms with van der Waals surface area (Å²) in [5.74, 6) is 0. The van der Waals surface area contributed by atoms with E-state index in [1.54, 1.807) is 0 Å². The minimum absolute atomic E-state index is 0.110. The van der Waals surface area contributed by atoms with E-state index in [4.69, 9.17) is 35.4 Å². The molecule has 128 valence electrons. The highest BCUT2D eigenvalue weighted by atomic mass is 35.5. The second-order valence-corrected chi connectivity index (χ2v) is 6.97. The molecule has 0 amide bonds. The number of hydrogen-bond donors (Lipinski definition) is 2. The monoisotopic (exact) mass is 381 g/mol. The lowest BCUT2D eigenvalue weighted by molar-refractivity contribution is 0.299. The van der Waals surface area contributed by atoms with Gasteiger partial charge in [0.15, 0.2) is 5.11 Å². The number of likely N-dealkylation sites (N-methyl/N-ethyl adjacent to an activating group) is 1. The Morgan fingerprint density at radius 3 is 2.42 bits per heavy atom. The lowest BCUT2D eigenvalue weighted by atomic mass is 10.1. The number of hydrogen-bond acceptors (Lipinski definition) is 2. The van der Waals surface area contributed by atoms with Crippen LogP contribution in [-0.2, 0) is 0 Å². The number of nitrogens with one attached hydrogen (secondary N) is 2. The first-order valence-electron chi connectivity index (χ1n) is 7.61. The molecule has 24 heavy (non-hydrogen) atoms. The van der Waals surface area contributed by atoms with Crippen molar-refractivity contribution in [3.05, 3.63) is 63.6 Å². The Hall–Kier alpha value is -1.33. The zero-order valence-corrected chi connectivity index (χ0v) is 16.3. The van der Waals surface area contributed by atoms with Crippen molar-refractivity contribution in [2.75, 3.05) is 26.0 Å². The van der Waals surface area contributed by atoms with Crippen LogP contribution in [0.5, 0.6) is 0 Å². The van der Waals surface area contributed by atoms with Crippen LogP contribution in [0.3, 0.4) is 0 Å². The predicted octanol–water partition coefficient (Wildman–Crippen LogP) is 4.89. The van der Waals surface area contributed by atoms with E-state index in [9.17, 15) is 0 Å². The van der Waals surface area contributed by atoms with Gasteiger partial charge < -0.3 is 15.5 Å². The zero-order valence-electron chi connectivity index (χ0n) is 13.9. The average molecular weight is 382 g/mol. The Balaban J connectivity index is 2.03. The van der Waals surface area contributed by atoms with Crippen molar-refractivity contribution < 1.29 is 0 Å². The largest absolute Gasteiger partial charge is 0.361 e. The molecule has 3 nitrogen and oxygen atoms in total. The van der Waals surface area contributed by atoms with E-state index in [0.717, 1.165) is 21.8 Å². The molecule has 6 heteroatoms. The fourth-order valence-corrected chi connectivity index (χ4v) is 3.04. The molecule has 2 aromatic rings. The van der Waals surface area contributed by atoms with E-state index in [-0.39, 0.29) is 6.04 Å². The standard InChI is InChI=1S/C18H21Cl2N3S/c1-12-14(19)9-6-10-16(12)22-18(24)21-11-17(23(2)3)13-7-4-5-8-15(13)20/h4-10,17H,11H2,1-3H3,(H2,21,22,24)/t17-/m0/s1. The fourth-order valence-electron chi connectivity index (χ4n) is 2.41. The molecule has 0 aliphatic carbocycles. The number of thiocarbonyl (C=S) groups is 1. The molecule has 0 aliphatic rings. The third-order valence-electron chi connectivity index (χ3n) is 3.86. The SMILES string of the molecule is Cc1c(Cl)cccc1NC(=S)NC[C@@H](c1ccccc1Cl)N(C)C. The van der Waals surface area contributed by atoms with Gasteiger partial charge in [-0.2, -0.15) is 0 Å². The molecule has 0 bridgehead atoms. The summed E-state index contributed by atoms with van der Waals surface area (Å²) >= 11 is 17.9.